The van der Waals surface area contributed by atoms with Gasteiger partial charge < -0.3 is 9.80 Å². The molecule has 7 heteroatoms. The van der Waals surface area contributed by atoms with Crippen molar-refractivity contribution in [3.05, 3.63) is 29.3 Å². The molecular weight excluding hydrogens is 350 g/mol. The van der Waals surface area contributed by atoms with Gasteiger partial charge in [-0.1, -0.05) is 19.9 Å². The first-order valence-corrected chi connectivity index (χ1v) is 10.8. The number of fused-ring (bicyclic) bond motifs is 1. The summed E-state index contributed by atoms with van der Waals surface area (Å²) in [5.74, 6) is 0.478. The maximum absolute atomic E-state index is 13.0. The van der Waals surface area contributed by atoms with E-state index in [9.17, 15) is 13.2 Å². The highest BCUT2D eigenvalue weighted by atomic mass is 32.2. The summed E-state index contributed by atoms with van der Waals surface area (Å²) in [6, 6.07) is 5.42. The molecule has 0 aromatic heterocycles. The van der Waals surface area contributed by atoms with E-state index in [1.807, 2.05) is 31.9 Å². The number of hydrogen-bond acceptors (Lipinski definition) is 4. The first kappa shape index (κ1) is 19.3. The highest BCUT2D eigenvalue weighted by Crippen LogP contribution is 2.25. The molecule has 1 aromatic rings. The van der Waals surface area contributed by atoms with Gasteiger partial charge in [0, 0.05) is 45.7 Å². The molecule has 0 bridgehead atoms. The summed E-state index contributed by atoms with van der Waals surface area (Å²) < 4.78 is 27.5. The maximum atomic E-state index is 13.0. The molecule has 1 fully saturated rings. The predicted octanol–water partition coefficient (Wildman–Crippen LogP) is 1.55. The largest absolute Gasteiger partial charge is 0.338 e. The monoisotopic (exact) mass is 379 g/mol. The van der Waals surface area contributed by atoms with Crippen LogP contribution in [0.25, 0.3) is 0 Å². The summed E-state index contributed by atoms with van der Waals surface area (Å²) in [6.07, 6.45) is 1.32. The van der Waals surface area contributed by atoms with Gasteiger partial charge in [0.1, 0.15) is 0 Å². The van der Waals surface area contributed by atoms with Gasteiger partial charge in [0.2, 0.25) is 15.9 Å². The summed E-state index contributed by atoms with van der Waals surface area (Å²) >= 11 is 0. The van der Waals surface area contributed by atoms with Crippen LogP contribution in [0.1, 0.15) is 31.4 Å². The number of likely N-dealkylation sites (N-methyl/N-ethyl adjacent to an activating group) is 1. The van der Waals surface area contributed by atoms with Gasteiger partial charge in [0.25, 0.3) is 0 Å². The third-order valence-electron chi connectivity index (χ3n) is 5.23. The van der Waals surface area contributed by atoms with Crippen LogP contribution >= 0.6 is 0 Å². The smallest absolute Gasteiger partial charge is 0.243 e. The van der Waals surface area contributed by atoms with E-state index >= 15 is 0 Å². The molecule has 2 heterocycles. The summed E-state index contributed by atoms with van der Waals surface area (Å²) in [5, 5.41) is 0. The van der Waals surface area contributed by atoms with Crippen LogP contribution < -0.4 is 0 Å². The van der Waals surface area contributed by atoms with Crippen LogP contribution in [0, 0.1) is 5.92 Å². The van der Waals surface area contributed by atoms with Crippen LogP contribution in [0.5, 0.6) is 0 Å². The van der Waals surface area contributed by atoms with Gasteiger partial charge in [-0.2, -0.15) is 4.31 Å². The van der Waals surface area contributed by atoms with E-state index in [-0.39, 0.29) is 5.91 Å². The van der Waals surface area contributed by atoms with Crippen LogP contribution in [0.3, 0.4) is 0 Å². The molecule has 1 saturated heterocycles. The number of hydrogen-bond donors (Lipinski definition) is 0. The second-order valence-electron chi connectivity index (χ2n) is 7.80. The first-order chi connectivity index (χ1) is 12.3. The molecule has 0 unspecified atom stereocenters. The Morgan fingerprint density at radius 2 is 1.77 bits per heavy atom. The predicted molar refractivity (Wildman–Crippen MR) is 101 cm³/mol. The van der Waals surface area contributed by atoms with Crippen LogP contribution in [0.2, 0.25) is 0 Å². The van der Waals surface area contributed by atoms with Crippen molar-refractivity contribution in [1.82, 2.24) is 14.1 Å². The van der Waals surface area contributed by atoms with E-state index in [0.29, 0.717) is 43.4 Å². The Bertz CT molecular complexity index is 768. The summed E-state index contributed by atoms with van der Waals surface area (Å²) in [6.45, 7) is 7.84. The molecule has 0 N–H and O–H groups in total. The van der Waals surface area contributed by atoms with Crippen LogP contribution in [-0.2, 0) is 27.8 Å². The fourth-order valence-electron chi connectivity index (χ4n) is 3.56. The number of amides is 1. The summed E-state index contributed by atoms with van der Waals surface area (Å²) in [4.78, 5) is 16.7. The van der Waals surface area contributed by atoms with Crippen LogP contribution in [0.4, 0.5) is 0 Å². The number of nitrogens with zero attached hydrogens (tertiary/aromatic N) is 3. The SMILES string of the molecule is CC(C)CC(=O)N1CCc2ccc(S(=O)(=O)N3CCN(C)CC3)cc2C1. The van der Waals surface area contributed by atoms with Crippen molar-refractivity contribution < 1.29 is 13.2 Å². The van der Waals surface area contributed by atoms with E-state index in [4.69, 9.17) is 0 Å². The second-order valence-corrected chi connectivity index (χ2v) is 9.74. The Hall–Kier alpha value is -1.44. The third-order valence-corrected chi connectivity index (χ3v) is 7.12. The van der Waals surface area contributed by atoms with Crippen molar-refractivity contribution in [1.29, 1.82) is 0 Å². The van der Waals surface area contributed by atoms with Crippen molar-refractivity contribution in [2.75, 3.05) is 39.8 Å². The Morgan fingerprint density at radius 1 is 1.08 bits per heavy atom. The summed E-state index contributed by atoms with van der Waals surface area (Å²) in [7, 11) is -1.47. The van der Waals surface area contributed by atoms with Crippen molar-refractivity contribution in [2.24, 2.45) is 5.92 Å². The normalized spacial score (nSPS) is 19.6. The number of benzene rings is 1. The number of piperazine rings is 1. The van der Waals surface area contributed by atoms with E-state index in [2.05, 4.69) is 4.90 Å². The van der Waals surface area contributed by atoms with E-state index in [1.165, 1.54) is 0 Å². The Labute approximate surface area is 156 Å². The number of carbonyl (C=O) groups is 1. The average molecular weight is 380 g/mol. The molecule has 2 aliphatic rings. The minimum absolute atomic E-state index is 0.151. The molecule has 1 amide bonds. The standard InChI is InChI=1S/C19H29N3O3S/c1-15(2)12-19(23)21-7-6-16-4-5-18(13-17(16)14-21)26(24,25)22-10-8-20(3)9-11-22/h4-5,13,15H,6-12,14H2,1-3H3. The van der Waals surface area contributed by atoms with Gasteiger partial charge in [0.05, 0.1) is 4.90 Å². The molecule has 0 atom stereocenters. The molecule has 3 rings (SSSR count). The lowest BCUT2D eigenvalue weighted by Gasteiger charge is -2.32. The molecule has 0 saturated carbocycles. The van der Waals surface area contributed by atoms with Gasteiger partial charge in [-0.15, -0.1) is 0 Å². The molecule has 1 aromatic carbocycles. The first-order valence-electron chi connectivity index (χ1n) is 9.35. The molecule has 144 valence electrons. The van der Waals surface area contributed by atoms with Gasteiger partial charge in [-0.05, 0) is 42.6 Å². The summed E-state index contributed by atoms with van der Waals surface area (Å²) in [5.41, 5.74) is 2.11. The molecular formula is C19H29N3O3S. The lowest BCUT2D eigenvalue weighted by molar-refractivity contribution is -0.132. The van der Waals surface area contributed by atoms with Crippen molar-refractivity contribution in [2.45, 2.75) is 38.1 Å². The topological polar surface area (TPSA) is 60.9 Å². The zero-order chi connectivity index (χ0) is 18.9. The fourth-order valence-corrected chi connectivity index (χ4v) is 5.04. The maximum Gasteiger partial charge on any atom is 0.243 e. The van der Waals surface area contributed by atoms with Gasteiger partial charge in [-0.3, -0.25) is 4.79 Å². The zero-order valence-corrected chi connectivity index (χ0v) is 16.8. The fraction of sp³-hybridized carbons (Fsp3) is 0.632. The number of sulfonamides is 1. The zero-order valence-electron chi connectivity index (χ0n) is 15.9. The molecule has 0 spiro atoms. The quantitative estimate of drug-likeness (QED) is 0.796. The van der Waals surface area contributed by atoms with Gasteiger partial charge in [0.15, 0.2) is 0 Å². The minimum Gasteiger partial charge on any atom is -0.338 e. The van der Waals surface area contributed by atoms with Crippen molar-refractivity contribution in [3.8, 4) is 0 Å². The van der Waals surface area contributed by atoms with Crippen molar-refractivity contribution in [3.63, 3.8) is 0 Å². The Morgan fingerprint density at radius 3 is 2.42 bits per heavy atom. The highest BCUT2D eigenvalue weighted by molar-refractivity contribution is 7.89. The highest BCUT2D eigenvalue weighted by Gasteiger charge is 2.29. The molecule has 0 aliphatic carbocycles. The molecule has 6 nitrogen and oxygen atoms in total. The lowest BCUT2D eigenvalue weighted by Crippen LogP contribution is -2.47. The molecule has 2 aliphatic heterocycles. The average Bonchev–Trinajstić information content (AvgIpc) is 2.60. The number of carbonyl (C=O) groups excluding carboxylic acids is 1. The van der Waals surface area contributed by atoms with Crippen LogP contribution in [-0.4, -0.2) is 68.2 Å². The minimum atomic E-state index is -3.47. The number of rotatable bonds is 4. The van der Waals surface area contributed by atoms with E-state index < -0.39 is 10.0 Å². The lowest BCUT2D eigenvalue weighted by atomic mass is 9.99. The van der Waals surface area contributed by atoms with E-state index in [1.54, 1.807) is 16.4 Å². The Balaban J connectivity index is 1.79. The Kier molecular flexibility index (Phi) is 5.69. The molecule has 26 heavy (non-hydrogen) atoms. The third kappa shape index (κ3) is 4.10. The van der Waals surface area contributed by atoms with Gasteiger partial charge >= 0.3 is 0 Å². The van der Waals surface area contributed by atoms with Gasteiger partial charge in [-0.25, -0.2) is 8.42 Å². The second kappa shape index (κ2) is 7.66. The van der Waals surface area contributed by atoms with E-state index in [0.717, 1.165) is 30.6 Å². The van der Waals surface area contributed by atoms with Crippen molar-refractivity contribution >= 4 is 15.9 Å². The molecule has 0 radical (unpaired) electrons. The van der Waals surface area contributed by atoms with Crippen LogP contribution in [0.15, 0.2) is 23.1 Å².